The van der Waals surface area contributed by atoms with Gasteiger partial charge in [0.2, 0.25) is 0 Å². The van der Waals surface area contributed by atoms with Gasteiger partial charge in [0.25, 0.3) is 0 Å². The summed E-state index contributed by atoms with van der Waals surface area (Å²) in [6.07, 6.45) is 1.06. The maximum absolute atomic E-state index is 5.72. The van der Waals surface area contributed by atoms with Crippen molar-refractivity contribution < 1.29 is 4.74 Å². The van der Waals surface area contributed by atoms with Crippen LogP contribution in [0.5, 0.6) is 0 Å². The zero-order chi connectivity index (χ0) is 9.41. The first-order valence-corrected chi connectivity index (χ1v) is 4.72. The van der Waals surface area contributed by atoms with Gasteiger partial charge in [-0.15, -0.1) is 0 Å². The van der Waals surface area contributed by atoms with Crippen LogP contribution in [0.3, 0.4) is 0 Å². The molecule has 2 nitrogen and oxygen atoms in total. The Balaban J connectivity index is 2.51. The minimum Gasteiger partial charge on any atom is -0.359 e. The molecule has 1 N–H and O–H groups in total. The van der Waals surface area contributed by atoms with Crippen LogP contribution < -0.4 is 5.32 Å². The lowest BCUT2D eigenvalue weighted by Gasteiger charge is -2.31. The highest BCUT2D eigenvalue weighted by Crippen LogP contribution is 2.30. The van der Waals surface area contributed by atoms with Crippen molar-refractivity contribution in [1.82, 2.24) is 5.32 Å². The molecule has 0 aromatic carbocycles. The molecule has 0 spiro atoms. The molecule has 0 radical (unpaired) electrons. The molecule has 0 aliphatic carbocycles. The molecule has 1 fully saturated rings. The molecule has 1 aliphatic heterocycles. The van der Waals surface area contributed by atoms with Crippen molar-refractivity contribution in [2.24, 2.45) is 5.41 Å². The highest BCUT2D eigenvalue weighted by atomic mass is 16.5. The summed E-state index contributed by atoms with van der Waals surface area (Å²) in [6, 6.07) is 0.498. The fourth-order valence-electron chi connectivity index (χ4n) is 2.03. The molecule has 0 bridgehead atoms. The van der Waals surface area contributed by atoms with Crippen molar-refractivity contribution in [3.05, 3.63) is 0 Å². The topological polar surface area (TPSA) is 21.3 Å². The van der Waals surface area contributed by atoms with E-state index in [4.69, 9.17) is 4.74 Å². The first-order chi connectivity index (χ1) is 5.31. The normalized spacial score (nSPS) is 37.2. The van der Waals surface area contributed by atoms with Gasteiger partial charge in [0.15, 0.2) is 0 Å². The summed E-state index contributed by atoms with van der Waals surface area (Å²) in [5.74, 6) is 0. The molecular weight excluding hydrogens is 150 g/mol. The van der Waals surface area contributed by atoms with Crippen LogP contribution in [0.1, 0.15) is 41.0 Å². The second-order valence-electron chi connectivity index (χ2n) is 5.32. The lowest BCUT2D eigenvalue weighted by Crippen LogP contribution is -2.43. The second-order valence-corrected chi connectivity index (χ2v) is 5.32. The highest BCUT2D eigenvalue weighted by molar-refractivity contribution is 4.86. The molecule has 1 aliphatic rings. The van der Waals surface area contributed by atoms with Crippen molar-refractivity contribution in [1.29, 1.82) is 0 Å². The lowest BCUT2D eigenvalue weighted by atomic mass is 9.87. The van der Waals surface area contributed by atoms with Gasteiger partial charge in [0, 0.05) is 6.04 Å². The SMILES string of the molecule is CC1COC(C)(CC(C)(C)C)N1. The van der Waals surface area contributed by atoms with E-state index in [1.165, 1.54) is 0 Å². The van der Waals surface area contributed by atoms with Gasteiger partial charge in [0.1, 0.15) is 5.72 Å². The quantitative estimate of drug-likeness (QED) is 0.652. The average molecular weight is 171 g/mol. The van der Waals surface area contributed by atoms with Gasteiger partial charge >= 0.3 is 0 Å². The molecular formula is C10H21NO. The van der Waals surface area contributed by atoms with E-state index in [-0.39, 0.29) is 5.72 Å². The maximum atomic E-state index is 5.72. The van der Waals surface area contributed by atoms with E-state index in [1.807, 2.05) is 0 Å². The summed E-state index contributed by atoms with van der Waals surface area (Å²) in [5.41, 5.74) is 0.226. The number of hydrogen-bond acceptors (Lipinski definition) is 2. The standard InChI is InChI=1S/C10H21NO/c1-8-6-12-10(5,11-8)7-9(2,3)4/h8,11H,6-7H2,1-5H3. The second kappa shape index (κ2) is 3.00. The van der Waals surface area contributed by atoms with E-state index in [2.05, 4.69) is 39.9 Å². The van der Waals surface area contributed by atoms with Crippen molar-refractivity contribution in [2.45, 2.75) is 52.8 Å². The Bertz CT molecular complexity index is 162. The van der Waals surface area contributed by atoms with Gasteiger partial charge < -0.3 is 4.74 Å². The van der Waals surface area contributed by atoms with Gasteiger partial charge in [-0.2, -0.15) is 0 Å². The van der Waals surface area contributed by atoms with Crippen LogP contribution in [0, 0.1) is 5.41 Å². The van der Waals surface area contributed by atoms with Gasteiger partial charge in [-0.05, 0) is 25.7 Å². The van der Waals surface area contributed by atoms with Crippen LogP contribution in [0.15, 0.2) is 0 Å². The van der Waals surface area contributed by atoms with E-state index in [9.17, 15) is 0 Å². The number of nitrogens with one attached hydrogen (secondary N) is 1. The molecule has 1 heterocycles. The fourth-order valence-corrected chi connectivity index (χ4v) is 2.03. The van der Waals surface area contributed by atoms with E-state index in [1.54, 1.807) is 0 Å². The minimum absolute atomic E-state index is 0.0995. The predicted molar refractivity (Wildman–Crippen MR) is 51.0 cm³/mol. The molecule has 0 aromatic heterocycles. The third-order valence-corrected chi connectivity index (χ3v) is 2.07. The molecule has 2 unspecified atom stereocenters. The molecule has 2 heteroatoms. The predicted octanol–water partition coefficient (Wildman–Crippen LogP) is 2.15. The summed E-state index contributed by atoms with van der Waals surface area (Å²) in [7, 11) is 0. The monoisotopic (exact) mass is 171 g/mol. The van der Waals surface area contributed by atoms with Gasteiger partial charge in [-0.1, -0.05) is 20.8 Å². The van der Waals surface area contributed by atoms with Crippen molar-refractivity contribution in [3.63, 3.8) is 0 Å². The van der Waals surface area contributed by atoms with E-state index >= 15 is 0 Å². The molecule has 12 heavy (non-hydrogen) atoms. The Hall–Kier alpha value is -0.0800. The fraction of sp³-hybridized carbons (Fsp3) is 1.00. The van der Waals surface area contributed by atoms with Crippen LogP contribution in [-0.4, -0.2) is 18.4 Å². The first-order valence-electron chi connectivity index (χ1n) is 4.72. The summed E-state index contributed by atoms with van der Waals surface area (Å²) in [4.78, 5) is 0. The largest absolute Gasteiger partial charge is 0.359 e. The van der Waals surface area contributed by atoms with E-state index in [0.717, 1.165) is 13.0 Å². The van der Waals surface area contributed by atoms with Crippen molar-refractivity contribution >= 4 is 0 Å². The Morgan fingerprint density at radius 1 is 1.50 bits per heavy atom. The summed E-state index contributed by atoms with van der Waals surface area (Å²) in [6.45, 7) is 11.9. The van der Waals surface area contributed by atoms with E-state index in [0.29, 0.717) is 11.5 Å². The molecule has 2 atom stereocenters. The number of hydrogen-bond donors (Lipinski definition) is 1. The van der Waals surface area contributed by atoms with Crippen molar-refractivity contribution in [2.75, 3.05) is 6.61 Å². The third-order valence-electron chi connectivity index (χ3n) is 2.07. The van der Waals surface area contributed by atoms with Gasteiger partial charge in [0.05, 0.1) is 6.61 Å². The molecule has 1 saturated heterocycles. The van der Waals surface area contributed by atoms with Crippen LogP contribution in [0.4, 0.5) is 0 Å². The Morgan fingerprint density at radius 2 is 2.08 bits per heavy atom. The first kappa shape index (κ1) is 10.0. The summed E-state index contributed by atoms with van der Waals surface area (Å²) in [5, 5.41) is 3.46. The lowest BCUT2D eigenvalue weighted by molar-refractivity contribution is -0.0242. The zero-order valence-electron chi connectivity index (χ0n) is 8.90. The van der Waals surface area contributed by atoms with Crippen molar-refractivity contribution in [3.8, 4) is 0 Å². The highest BCUT2D eigenvalue weighted by Gasteiger charge is 2.36. The van der Waals surface area contributed by atoms with Gasteiger partial charge in [-0.3, -0.25) is 5.32 Å². The smallest absolute Gasteiger partial charge is 0.117 e. The Labute approximate surface area is 75.7 Å². The zero-order valence-corrected chi connectivity index (χ0v) is 8.90. The molecule has 0 amide bonds. The Morgan fingerprint density at radius 3 is 2.42 bits per heavy atom. The molecule has 0 saturated carbocycles. The molecule has 1 rings (SSSR count). The van der Waals surface area contributed by atoms with Crippen LogP contribution in [0.25, 0.3) is 0 Å². The Kier molecular flexibility index (Phi) is 2.50. The number of ether oxygens (including phenoxy) is 1. The van der Waals surface area contributed by atoms with Crippen LogP contribution in [-0.2, 0) is 4.74 Å². The summed E-state index contributed by atoms with van der Waals surface area (Å²) >= 11 is 0. The average Bonchev–Trinajstić information content (AvgIpc) is 2.05. The minimum atomic E-state index is -0.0995. The third kappa shape index (κ3) is 2.76. The molecule has 72 valence electrons. The summed E-state index contributed by atoms with van der Waals surface area (Å²) < 4.78 is 5.72. The van der Waals surface area contributed by atoms with Crippen LogP contribution >= 0.6 is 0 Å². The number of rotatable bonds is 1. The van der Waals surface area contributed by atoms with Crippen LogP contribution in [0.2, 0.25) is 0 Å². The van der Waals surface area contributed by atoms with Gasteiger partial charge in [-0.25, -0.2) is 0 Å². The maximum Gasteiger partial charge on any atom is 0.117 e. The van der Waals surface area contributed by atoms with E-state index < -0.39 is 0 Å². The molecule has 0 aromatic rings.